The average molecular weight is 338 g/mol. The first-order chi connectivity index (χ1) is 11.9. The summed E-state index contributed by atoms with van der Waals surface area (Å²) in [6.07, 6.45) is 0. The summed E-state index contributed by atoms with van der Waals surface area (Å²) >= 11 is 0. The molecule has 1 aromatic heterocycles. The number of pyridine rings is 1. The van der Waals surface area contributed by atoms with Crippen LogP contribution in [0, 0.1) is 20.8 Å². The first-order valence-corrected chi connectivity index (χ1v) is 8.74. The van der Waals surface area contributed by atoms with Crippen molar-refractivity contribution in [3.05, 3.63) is 52.7 Å². The van der Waals surface area contributed by atoms with Gasteiger partial charge in [0.15, 0.2) is 0 Å². The standard InChI is InChI=1S/C20H26N4O/c1-14-12-15(2)19(16(3)13-14)22-20(25)17-6-5-7-18(21-17)24-10-8-23(4)9-11-24/h5-7,12-13H,8-11H2,1-4H3,(H,22,25). The summed E-state index contributed by atoms with van der Waals surface area (Å²) in [6, 6.07) is 9.82. The summed E-state index contributed by atoms with van der Waals surface area (Å²) < 4.78 is 0. The molecule has 3 rings (SSSR count). The highest BCUT2D eigenvalue weighted by Crippen LogP contribution is 2.23. The fourth-order valence-electron chi connectivity index (χ4n) is 3.32. The fourth-order valence-corrected chi connectivity index (χ4v) is 3.32. The van der Waals surface area contributed by atoms with Crippen molar-refractivity contribution in [1.29, 1.82) is 0 Å². The molecule has 0 aliphatic carbocycles. The van der Waals surface area contributed by atoms with Crippen molar-refractivity contribution in [2.24, 2.45) is 0 Å². The minimum atomic E-state index is -0.161. The van der Waals surface area contributed by atoms with E-state index in [1.807, 2.05) is 26.0 Å². The predicted octanol–water partition coefficient (Wildman–Crippen LogP) is 3.01. The fraction of sp³-hybridized carbons (Fsp3) is 0.400. The number of aryl methyl sites for hydroxylation is 3. The lowest BCUT2D eigenvalue weighted by Crippen LogP contribution is -2.44. The summed E-state index contributed by atoms with van der Waals surface area (Å²) in [6.45, 7) is 10.00. The van der Waals surface area contributed by atoms with Crippen LogP contribution in [0.25, 0.3) is 0 Å². The van der Waals surface area contributed by atoms with Gasteiger partial charge in [0.05, 0.1) is 0 Å². The van der Waals surface area contributed by atoms with Crippen LogP contribution in [0.1, 0.15) is 27.2 Å². The Labute approximate surface area is 149 Å². The molecule has 0 unspecified atom stereocenters. The number of carbonyl (C=O) groups excluding carboxylic acids is 1. The van der Waals surface area contributed by atoms with Crippen LogP contribution in [0.2, 0.25) is 0 Å². The number of piperazine rings is 1. The minimum absolute atomic E-state index is 0.161. The van der Waals surface area contributed by atoms with Crippen molar-refractivity contribution in [2.75, 3.05) is 43.4 Å². The van der Waals surface area contributed by atoms with Crippen molar-refractivity contribution >= 4 is 17.4 Å². The van der Waals surface area contributed by atoms with Gasteiger partial charge >= 0.3 is 0 Å². The van der Waals surface area contributed by atoms with Gasteiger partial charge in [0.2, 0.25) is 0 Å². The third-order valence-electron chi connectivity index (χ3n) is 4.71. The van der Waals surface area contributed by atoms with E-state index >= 15 is 0 Å². The molecule has 1 aliphatic rings. The second-order valence-electron chi connectivity index (χ2n) is 6.90. The Hall–Kier alpha value is -2.40. The van der Waals surface area contributed by atoms with E-state index in [1.165, 1.54) is 5.56 Å². The molecule has 2 heterocycles. The zero-order valence-corrected chi connectivity index (χ0v) is 15.5. The molecule has 5 heteroatoms. The van der Waals surface area contributed by atoms with Crippen LogP contribution < -0.4 is 10.2 Å². The van der Waals surface area contributed by atoms with E-state index in [1.54, 1.807) is 6.07 Å². The van der Waals surface area contributed by atoms with Gasteiger partial charge < -0.3 is 15.1 Å². The topological polar surface area (TPSA) is 48.5 Å². The Bertz CT molecular complexity index is 756. The first kappa shape index (κ1) is 17.4. The predicted molar refractivity (Wildman–Crippen MR) is 103 cm³/mol. The van der Waals surface area contributed by atoms with Crippen molar-refractivity contribution < 1.29 is 4.79 Å². The van der Waals surface area contributed by atoms with Crippen LogP contribution in [0.3, 0.4) is 0 Å². The van der Waals surface area contributed by atoms with E-state index in [2.05, 4.69) is 46.2 Å². The number of amides is 1. The third kappa shape index (κ3) is 3.99. The SMILES string of the molecule is Cc1cc(C)c(NC(=O)c2cccc(N3CCN(C)CC3)n2)c(C)c1. The maximum atomic E-state index is 12.7. The highest BCUT2D eigenvalue weighted by atomic mass is 16.1. The molecule has 1 aliphatic heterocycles. The summed E-state index contributed by atoms with van der Waals surface area (Å²) in [5.41, 5.74) is 4.67. The second-order valence-corrected chi connectivity index (χ2v) is 6.90. The van der Waals surface area contributed by atoms with Gasteiger partial charge in [-0.05, 0) is 51.1 Å². The number of hydrogen-bond acceptors (Lipinski definition) is 4. The number of nitrogens with zero attached hydrogens (tertiary/aromatic N) is 3. The maximum absolute atomic E-state index is 12.7. The number of anilines is 2. The number of rotatable bonds is 3. The number of benzene rings is 1. The molecular formula is C20H26N4O. The molecule has 0 saturated carbocycles. The van der Waals surface area contributed by atoms with Gasteiger partial charge in [0, 0.05) is 31.9 Å². The molecule has 0 spiro atoms. The van der Waals surface area contributed by atoms with Crippen LogP contribution >= 0.6 is 0 Å². The second kappa shape index (κ2) is 7.23. The van der Waals surface area contributed by atoms with Crippen LogP contribution in [0.4, 0.5) is 11.5 Å². The molecule has 0 bridgehead atoms. The van der Waals surface area contributed by atoms with Crippen molar-refractivity contribution in [3.63, 3.8) is 0 Å². The monoisotopic (exact) mass is 338 g/mol. The van der Waals surface area contributed by atoms with Gasteiger partial charge in [0.25, 0.3) is 5.91 Å². The Balaban J connectivity index is 1.78. The van der Waals surface area contributed by atoms with Crippen LogP contribution in [-0.2, 0) is 0 Å². The zero-order valence-electron chi connectivity index (χ0n) is 15.5. The lowest BCUT2D eigenvalue weighted by molar-refractivity contribution is 0.102. The summed E-state index contributed by atoms with van der Waals surface area (Å²) in [5, 5.41) is 3.03. The van der Waals surface area contributed by atoms with Crippen molar-refractivity contribution in [1.82, 2.24) is 9.88 Å². The van der Waals surface area contributed by atoms with Crippen LogP contribution in [0.15, 0.2) is 30.3 Å². The number of aromatic nitrogens is 1. The molecule has 1 aromatic carbocycles. The number of hydrogen-bond donors (Lipinski definition) is 1. The highest BCUT2D eigenvalue weighted by molar-refractivity contribution is 6.04. The summed E-state index contributed by atoms with van der Waals surface area (Å²) in [4.78, 5) is 21.8. The molecule has 2 aromatic rings. The highest BCUT2D eigenvalue weighted by Gasteiger charge is 2.17. The molecule has 1 amide bonds. The third-order valence-corrected chi connectivity index (χ3v) is 4.71. The largest absolute Gasteiger partial charge is 0.354 e. The van der Waals surface area contributed by atoms with Gasteiger partial charge in [-0.3, -0.25) is 4.79 Å². The van der Waals surface area contributed by atoms with E-state index in [0.717, 1.165) is 48.8 Å². The Morgan fingerprint density at radius 2 is 1.68 bits per heavy atom. The normalized spacial score (nSPS) is 15.3. The van der Waals surface area contributed by atoms with Gasteiger partial charge in [-0.1, -0.05) is 23.8 Å². The average Bonchev–Trinajstić information content (AvgIpc) is 2.58. The van der Waals surface area contributed by atoms with Gasteiger partial charge in [-0.2, -0.15) is 0 Å². The molecule has 1 fully saturated rings. The zero-order chi connectivity index (χ0) is 18.0. The quantitative estimate of drug-likeness (QED) is 0.935. The summed E-state index contributed by atoms with van der Waals surface area (Å²) in [7, 11) is 2.13. The lowest BCUT2D eigenvalue weighted by atomic mass is 10.0. The van der Waals surface area contributed by atoms with Crippen LogP contribution in [0.5, 0.6) is 0 Å². The minimum Gasteiger partial charge on any atom is -0.354 e. The summed E-state index contributed by atoms with van der Waals surface area (Å²) in [5.74, 6) is 0.712. The van der Waals surface area contributed by atoms with E-state index in [4.69, 9.17) is 0 Å². The van der Waals surface area contributed by atoms with E-state index in [0.29, 0.717) is 5.69 Å². The van der Waals surface area contributed by atoms with Crippen LogP contribution in [-0.4, -0.2) is 49.0 Å². The lowest BCUT2D eigenvalue weighted by Gasteiger charge is -2.33. The Morgan fingerprint density at radius 3 is 2.32 bits per heavy atom. The number of nitrogens with one attached hydrogen (secondary N) is 1. The number of carbonyl (C=O) groups is 1. The first-order valence-electron chi connectivity index (χ1n) is 8.74. The molecular weight excluding hydrogens is 312 g/mol. The molecule has 0 atom stereocenters. The molecule has 5 nitrogen and oxygen atoms in total. The smallest absolute Gasteiger partial charge is 0.274 e. The Kier molecular flexibility index (Phi) is 5.04. The van der Waals surface area contributed by atoms with Gasteiger partial charge in [0.1, 0.15) is 11.5 Å². The molecule has 1 saturated heterocycles. The van der Waals surface area contributed by atoms with E-state index < -0.39 is 0 Å². The van der Waals surface area contributed by atoms with Crippen molar-refractivity contribution in [2.45, 2.75) is 20.8 Å². The van der Waals surface area contributed by atoms with E-state index in [-0.39, 0.29) is 5.91 Å². The molecule has 0 radical (unpaired) electrons. The maximum Gasteiger partial charge on any atom is 0.274 e. The van der Waals surface area contributed by atoms with Gasteiger partial charge in [-0.25, -0.2) is 4.98 Å². The number of likely N-dealkylation sites (N-methyl/N-ethyl adjacent to an activating group) is 1. The van der Waals surface area contributed by atoms with Gasteiger partial charge in [-0.15, -0.1) is 0 Å². The van der Waals surface area contributed by atoms with Crippen molar-refractivity contribution in [3.8, 4) is 0 Å². The Morgan fingerprint density at radius 1 is 1.04 bits per heavy atom. The molecule has 132 valence electrons. The molecule has 1 N–H and O–H groups in total. The molecule has 25 heavy (non-hydrogen) atoms. The van der Waals surface area contributed by atoms with E-state index in [9.17, 15) is 4.79 Å².